The van der Waals surface area contributed by atoms with E-state index < -0.39 is 16.0 Å². The Bertz CT molecular complexity index is 1080. The molecule has 26 heavy (non-hydrogen) atoms. The highest BCUT2D eigenvalue weighted by atomic mass is 32.2. The second-order valence-corrected chi connectivity index (χ2v) is 7.18. The third kappa shape index (κ3) is 3.75. The second-order valence-electron chi connectivity index (χ2n) is 5.53. The first-order valence-corrected chi connectivity index (χ1v) is 9.35. The summed E-state index contributed by atoms with van der Waals surface area (Å²) in [5.41, 5.74) is 0.889. The topological polar surface area (TPSA) is 72.5 Å². The molecular weight excluding hydrogens is 350 g/mol. The monoisotopic (exact) mass is 367 g/mol. The molecular formula is C20H17NO4S. The summed E-state index contributed by atoms with van der Waals surface area (Å²) >= 11 is 0. The molecule has 5 nitrogen and oxygen atoms in total. The molecule has 0 saturated carbocycles. The number of rotatable bonds is 5. The van der Waals surface area contributed by atoms with Gasteiger partial charge in [-0.3, -0.25) is 4.72 Å². The molecule has 0 fully saturated rings. The molecule has 0 radical (unpaired) electrons. The number of hydrogen-bond acceptors (Lipinski definition) is 4. The Morgan fingerprint density at radius 2 is 1.65 bits per heavy atom. The predicted molar refractivity (Wildman–Crippen MR) is 102 cm³/mol. The molecule has 6 heteroatoms. The molecule has 0 atom stereocenters. The van der Waals surface area contributed by atoms with E-state index in [9.17, 15) is 13.2 Å². The number of esters is 1. The maximum atomic E-state index is 12.9. The predicted octanol–water partition coefficient (Wildman–Crippen LogP) is 3.83. The van der Waals surface area contributed by atoms with E-state index >= 15 is 0 Å². The van der Waals surface area contributed by atoms with Crippen molar-refractivity contribution in [1.82, 2.24) is 0 Å². The molecule has 0 aliphatic carbocycles. The summed E-state index contributed by atoms with van der Waals surface area (Å²) in [7, 11) is -2.58. The summed E-state index contributed by atoms with van der Waals surface area (Å²) in [4.78, 5) is 11.4. The third-order valence-corrected chi connectivity index (χ3v) is 5.28. The number of carbonyl (C=O) groups is 1. The molecule has 0 saturated heterocycles. The summed E-state index contributed by atoms with van der Waals surface area (Å²) in [6.45, 7) is 0. The number of ether oxygens (including phenoxy) is 1. The Labute approximate surface area is 152 Å². The van der Waals surface area contributed by atoms with E-state index in [1.807, 2.05) is 30.3 Å². The summed E-state index contributed by atoms with van der Waals surface area (Å²) in [5.74, 6) is -0.556. The van der Waals surface area contributed by atoms with Crippen LogP contribution in [0.15, 0.2) is 77.7 Å². The van der Waals surface area contributed by atoms with Gasteiger partial charge in [-0.1, -0.05) is 54.6 Å². The first-order valence-electron chi connectivity index (χ1n) is 7.87. The number of benzene rings is 3. The van der Waals surface area contributed by atoms with Gasteiger partial charge in [0.25, 0.3) is 10.0 Å². The highest BCUT2D eigenvalue weighted by Crippen LogP contribution is 2.27. The summed E-state index contributed by atoms with van der Waals surface area (Å²) in [6, 6.07) is 19.4. The lowest BCUT2D eigenvalue weighted by atomic mass is 10.1. The number of sulfonamides is 1. The van der Waals surface area contributed by atoms with E-state index in [0.717, 1.165) is 10.8 Å². The van der Waals surface area contributed by atoms with Crippen LogP contribution in [0.4, 0.5) is 5.69 Å². The number of anilines is 1. The Kier molecular flexibility index (Phi) is 5.04. The quantitative estimate of drug-likeness (QED) is 0.549. The molecule has 0 spiro atoms. The zero-order valence-corrected chi connectivity index (χ0v) is 14.9. The van der Waals surface area contributed by atoms with E-state index in [1.165, 1.54) is 25.3 Å². The minimum Gasteiger partial charge on any atom is -0.466 e. The van der Waals surface area contributed by atoms with Crippen molar-refractivity contribution in [2.45, 2.75) is 4.90 Å². The number of fused-ring (bicyclic) bond motifs is 1. The maximum Gasteiger partial charge on any atom is 0.330 e. The average molecular weight is 367 g/mol. The van der Waals surface area contributed by atoms with Crippen LogP contribution in [0.1, 0.15) is 5.56 Å². The van der Waals surface area contributed by atoms with Gasteiger partial charge in [-0.25, -0.2) is 13.2 Å². The van der Waals surface area contributed by atoms with Crippen LogP contribution in [0.2, 0.25) is 0 Å². The molecule has 0 unspecified atom stereocenters. The molecule has 0 aromatic heterocycles. The lowest BCUT2D eigenvalue weighted by Gasteiger charge is -2.12. The largest absolute Gasteiger partial charge is 0.466 e. The van der Waals surface area contributed by atoms with Gasteiger partial charge in [0.15, 0.2) is 0 Å². The fraction of sp³-hybridized carbons (Fsp3) is 0.0500. The van der Waals surface area contributed by atoms with Crippen LogP contribution in [-0.4, -0.2) is 21.5 Å². The smallest absolute Gasteiger partial charge is 0.330 e. The number of hydrogen-bond donors (Lipinski definition) is 1. The Morgan fingerprint density at radius 1 is 0.962 bits per heavy atom. The minimum atomic E-state index is -3.84. The summed E-state index contributed by atoms with van der Waals surface area (Å²) < 4.78 is 33.0. The van der Waals surface area contributed by atoms with Crippen LogP contribution >= 0.6 is 0 Å². The van der Waals surface area contributed by atoms with Crippen LogP contribution in [0.25, 0.3) is 16.8 Å². The van der Waals surface area contributed by atoms with Gasteiger partial charge >= 0.3 is 5.97 Å². The van der Waals surface area contributed by atoms with E-state index in [1.54, 1.807) is 30.3 Å². The zero-order valence-electron chi connectivity index (χ0n) is 14.0. The van der Waals surface area contributed by atoms with Crippen LogP contribution in [0.3, 0.4) is 0 Å². The van der Waals surface area contributed by atoms with Crippen molar-refractivity contribution >= 4 is 38.5 Å². The third-order valence-electron chi connectivity index (χ3n) is 3.84. The number of methoxy groups -OCH3 is 1. The first-order chi connectivity index (χ1) is 12.5. The van der Waals surface area contributed by atoms with Crippen molar-refractivity contribution in [1.29, 1.82) is 0 Å². The van der Waals surface area contributed by atoms with E-state index in [2.05, 4.69) is 9.46 Å². The van der Waals surface area contributed by atoms with Crippen LogP contribution in [0, 0.1) is 0 Å². The van der Waals surface area contributed by atoms with Crippen LogP contribution < -0.4 is 4.72 Å². The molecule has 3 rings (SSSR count). The van der Waals surface area contributed by atoms with E-state index in [0.29, 0.717) is 11.3 Å². The van der Waals surface area contributed by atoms with Gasteiger partial charge in [-0.2, -0.15) is 0 Å². The lowest BCUT2D eigenvalue weighted by Crippen LogP contribution is -2.14. The normalized spacial score (nSPS) is 11.6. The summed E-state index contributed by atoms with van der Waals surface area (Å²) in [6.07, 6.45) is 2.61. The van der Waals surface area contributed by atoms with Gasteiger partial charge < -0.3 is 4.74 Å². The molecule has 3 aromatic rings. The first kappa shape index (κ1) is 17.7. The van der Waals surface area contributed by atoms with Gasteiger partial charge in [0, 0.05) is 11.5 Å². The molecule has 0 aliphatic heterocycles. The van der Waals surface area contributed by atoms with Crippen LogP contribution in [0.5, 0.6) is 0 Å². The van der Waals surface area contributed by atoms with Crippen molar-refractivity contribution in [3.63, 3.8) is 0 Å². The molecule has 0 amide bonds. The maximum absolute atomic E-state index is 12.9. The van der Waals surface area contributed by atoms with Gasteiger partial charge in [-0.05, 0) is 29.2 Å². The van der Waals surface area contributed by atoms with Crippen molar-refractivity contribution in [2.75, 3.05) is 11.8 Å². The minimum absolute atomic E-state index is 0.0769. The standard InChI is InChI=1S/C20H17NO4S/c1-25-20(22)14-13-16-8-3-5-12-19(16)26(23,24)21-18-11-6-9-15-7-2-4-10-17(15)18/h2-14,21H,1H3. The highest BCUT2D eigenvalue weighted by Gasteiger charge is 2.18. The second kappa shape index (κ2) is 7.41. The fourth-order valence-electron chi connectivity index (χ4n) is 2.60. The van der Waals surface area contributed by atoms with Crippen molar-refractivity contribution in [3.8, 4) is 0 Å². The van der Waals surface area contributed by atoms with Gasteiger partial charge in [-0.15, -0.1) is 0 Å². The molecule has 0 heterocycles. The van der Waals surface area contributed by atoms with Crippen molar-refractivity contribution in [3.05, 3.63) is 78.4 Å². The molecule has 0 aliphatic rings. The van der Waals surface area contributed by atoms with Gasteiger partial charge in [0.1, 0.15) is 0 Å². The average Bonchev–Trinajstić information content (AvgIpc) is 2.66. The Morgan fingerprint density at radius 3 is 2.46 bits per heavy atom. The van der Waals surface area contributed by atoms with Gasteiger partial charge in [0.2, 0.25) is 0 Å². The summed E-state index contributed by atoms with van der Waals surface area (Å²) in [5, 5.41) is 1.74. The van der Waals surface area contributed by atoms with Crippen molar-refractivity contribution < 1.29 is 17.9 Å². The van der Waals surface area contributed by atoms with Gasteiger partial charge in [0.05, 0.1) is 17.7 Å². The molecule has 132 valence electrons. The lowest BCUT2D eigenvalue weighted by molar-refractivity contribution is -0.134. The Balaban J connectivity index is 2.01. The van der Waals surface area contributed by atoms with E-state index in [-0.39, 0.29) is 4.90 Å². The Hall–Kier alpha value is -3.12. The SMILES string of the molecule is COC(=O)C=Cc1ccccc1S(=O)(=O)Nc1cccc2ccccc12. The highest BCUT2D eigenvalue weighted by molar-refractivity contribution is 7.92. The molecule has 0 bridgehead atoms. The number of nitrogens with one attached hydrogen (secondary N) is 1. The number of carbonyl (C=O) groups excluding carboxylic acids is 1. The van der Waals surface area contributed by atoms with E-state index in [4.69, 9.17) is 0 Å². The van der Waals surface area contributed by atoms with Crippen LogP contribution in [-0.2, 0) is 19.6 Å². The molecule has 1 N–H and O–H groups in total. The fourth-order valence-corrected chi connectivity index (χ4v) is 3.88. The molecule has 3 aromatic carbocycles. The zero-order chi connectivity index (χ0) is 18.6. The van der Waals surface area contributed by atoms with Crippen molar-refractivity contribution in [2.24, 2.45) is 0 Å².